The van der Waals surface area contributed by atoms with Gasteiger partial charge in [0.1, 0.15) is 17.2 Å². The maximum atomic E-state index is 4.67. The Hall–Kier alpha value is -1.69. The van der Waals surface area contributed by atoms with Gasteiger partial charge in [-0.25, -0.2) is 9.61 Å². The lowest BCUT2D eigenvalue weighted by Gasteiger charge is -2.05. The van der Waals surface area contributed by atoms with E-state index < -0.39 is 0 Å². The van der Waals surface area contributed by atoms with Crippen molar-refractivity contribution in [3.63, 3.8) is 0 Å². The van der Waals surface area contributed by atoms with E-state index in [0.29, 0.717) is 6.54 Å². The molecule has 0 aliphatic carbocycles. The number of imidazole rings is 1. The molecule has 0 fully saturated rings. The summed E-state index contributed by atoms with van der Waals surface area (Å²) >= 11 is 0. The van der Waals surface area contributed by atoms with Gasteiger partial charge in [0.15, 0.2) is 0 Å². The van der Waals surface area contributed by atoms with E-state index in [4.69, 9.17) is 0 Å². The second kappa shape index (κ2) is 4.89. The maximum Gasteiger partial charge on any atom is 0.127 e. The summed E-state index contributed by atoms with van der Waals surface area (Å²) in [6, 6.07) is 0. The fraction of sp³-hybridized carbons (Fsp3) is 0.500. The molecule has 0 aromatic carbocycles. The van der Waals surface area contributed by atoms with E-state index in [2.05, 4.69) is 32.2 Å². The van der Waals surface area contributed by atoms with Crippen LogP contribution in [0, 0.1) is 6.92 Å². The molecule has 2 heterocycles. The zero-order valence-electron chi connectivity index (χ0n) is 9.47. The SMILES string of the molecule is CCNCc1nccn1Cc1nonc1C. The van der Waals surface area contributed by atoms with Crippen LogP contribution in [0.2, 0.25) is 0 Å². The molecule has 0 bridgehead atoms. The minimum absolute atomic E-state index is 0.649. The molecule has 2 aromatic rings. The van der Waals surface area contributed by atoms with Gasteiger partial charge >= 0.3 is 0 Å². The predicted octanol–water partition coefficient (Wildman–Crippen LogP) is 0.732. The molecule has 86 valence electrons. The number of aromatic nitrogens is 4. The molecule has 0 radical (unpaired) electrons. The van der Waals surface area contributed by atoms with E-state index in [9.17, 15) is 0 Å². The molecule has 6 nitrogen and oxygen atoms in total. The monoisotopic (exact) mass is 221 g/mol. The number of nitrogens with zero attached hydrogens (tertiary/aromatic N) is 4. The van der Waals surface area contributed by atoms with Gasteiger partial charge in [0.25, 0.3) is 0 Å². The Balaban J connectivity index is 2.09. The molecule has 2 rings (SSSR count). The van der Waals surface area contributed by atoms with Gasteiger partial charge in [-0.1, -0.05) is 17.2 Å². The van der Waals surface area contributed by atoms with Crippen LogP contribution >= 0.6 is 0 Å². The standard InChI is InChI=1S/C10H15N5O/c1-3-11-6-10-12-4-5-15(10)7-9-8(2)13-16-14-9/h4-5,11H,3,6-7H2,1-2H3. The van der Waals surface area contributed by atoms with Crippen LogP contribution in [0.5, 0.6) is 0 Å². The molecule has 0 aliphatic heterocycles. The maximum absolute atomic E-state index is 4.67. The summed E-state index contributed by atoms with van der Waals surface area (Å²) < 4.78 is 6.70. The van der Waals surface area contributed by atoms with Crippen molar-refractivity contribution in [1.29, 1.82) is 0 Å². The van der Waals surface area contributed by atoms with Gasteiger partial charge in [0, 0.05) is 12.4 Å². The summed E-state index contributed by atoms with van der Waals surface area (Å²) in [7, 11) is 0. The third kappa shape index (κ3) is 2.27. The van der Waals surface area contributed by atoms with Crippen molar-refractivity contribution in [3.05, 3.63) is 29.6 Å². The Bertz CT molecular complexity index is 448. The summed E-state index contributed by atoms with van der Waals surface area (Å²) in [5, 5.41) is 10.9. The van der Waals surface area contributed by atoms with Crippen LogP contribution in [0.1, 0.15) is 24.1 Å². The van der Waals surface area contributed by atoms with Gasteiger partial charge in [-0.05, 0) is 13.5 Å². The first-order valence-electron chi connectivity index (χ1n) is 5.30. The highest BCUT2D eigenvalue weighted by atomic mass is 16.6. The number of nitrogens with one attached hydrogen (secondary N) is 1. The number of hydrogen-bond acceptors (Lipinski definition) is 5. The minimum atomic E-state index is 0.649. The highest BCUT2D eigenvalue weighted by Gasteiger charge is 2.08. The highest BCUT2D eigenvalue weighted by molar-refractivity contribution is 5.07. The van der Waals surface area contributed by atoms with Crippen LogP contribution in [-0.2, 0) is 13.1 Å². The lowest BCUT2D eigenvalue weighted by atomic mass is 10.3. The fourth-order valence-corrected chi connectivity index (χ4v) is 1.44. The number of hydrogen-bond donors (Lipinski definition) is 1. The Morgan fingerprint density at radius 2 is 2.31 bits per heavy atom. The van der Waals surface area contributed by atoms with E-state index in [1.165, 1.54) is 0 Å². The van der Waals surface area contributed by atoms with Crippen molar-refractivity contribution in [2.75, 3.05) is 6.54 Å². The van der Waals surface area contributed by atoms with Gasteiger partial charge < -0.3 is 9.88 Å². The van der Waals surface area contributed by atoms with Crippen LogP contribution in [0.3, 0.4) is 0 Å². The Labute approximate surface area is 93.6 Å². The topological polar surface area (TPSA) is 68.8 Å². The Morgan fingerprint density at radius 1 is 1.44 bits per heavy atom. The minimum Gasteiger partial charge on any atom is -0.328 e. The number of aryl methyl sites for hydroxylation is 1. The zero-order chi connectivity index (χ0) is 11.4. The molecular formula is C10H15N5O. The first kappa shape index (κ1) is 10.8. The van der Waals surface area contributed by atoms with Crippen LogP contribution in [0.15, 0.2) is 17.0 Å². The van der Waals surface area contributed by atoms with E-state index in [1.54, 1.807) is 6.20 Å². The van der Waals surface area contributed by atoms with Gasteiger partial charge in [0.2, 0.25) is 0 Å². The van der Waals surface area contributed by atoms with Crippen molar-refractivity contribution in [2.24, 2.45) is 0 Å². The first-order valence-corrected chi connectivity index (χ1v) is 5.30. The molecule has 0 unspecified atom stereocenters. The second-order valence-corrected chi connectivity index (χ2v) is 3.55. The van der Waals surface area contributed by atoms with Crippen LogP contribution in [0.4, 0.5) is 0 Å². The lowest BCUT2D eigenvalue weighted by molar-refractivity contribution is 0.300. The predicted molar refractivity (Wildman–Crippen MR) is 57.7 cm³/mol. The van der Waals surface area contributed by atoms with E-state index in [0.717, 1.165) is 30.3 Å². The third-order valence-corrected chi connectivity index (χ3v) is 2.40. The molecule has 0 spiro atoms. The molecule has 0 saturated heterocycles. The van der Waals surface area contributed by atoms with Gasteiger partial charge in [-0.15, -0.1) is 0 Å². The molecule has 6 heteroatoms. The molecule has 0 amide bonds. The van der Waals surface area contributed by atoms with Gasteiger partial charge in [-0.3, -0.25) is 0 Å². The quantitative estimate of drug-likeness (QED) is 0.806. The van der Waals surface area contributed by atoms with Crippen LogP contribution in [0.25, 0.3) is 0 Å². The summed E-state index contributed by atoms with van der Waals surface area (Å²) in [6.07, 6.45) is 3.72. The molecule has 0 aliphatic rings. The van der Waals surface area contributed by atoms with Crippen LogP contribution < -0.4 is 5.32 Å². The third-order valence-electron chi connectivity index (χ3n) is 2.40. The average molecular weight is 221 g/mol. The molecule has 0 atom stereocenters. The fourth-order valence-electron chi connectivity index (χ4n) is 1.44. The van der Waals surface area contributed by atoms with Crippen molar-refractivity contribution in [2.45, 2.75) is 26.9 Å². The molecule has 2 aromatic heterocycles. The van der Waals surface area contributed by atoms with E-state index in [1.807, 2.05) is 17.7 Å². The normalized spacial score (nSPS) is 10.9. The molecule has 0 saturated carbocycles. The van der Waals surface area contributed by atoms with Crippen LogP contribution in [-0.4, -0.2) is 26.4 Å². The number of rotatable bonds is 5. The van der Waals surface area contributed by atoms with Crippen molar-refractivity contribution < 1.29 is 4.63 Å². The second-order valence-electron chi connectivity index (χ2n) is 3.55. The Morgan fingerprint density at radius 3 is 3.00 bits per heavy atom. The first-order chi connectivity index (χ1) is 7.81. The summed E-state index contributed by atoms with van der Waals surface area (Å²) in [5.74, 6) is 0.990. The van der Waals surface area contributed by atoms with Crippen molar-refractivity contribution in [1.82, 2.24) is 25.2 Å². The smallest absolute Gasteiger partial charge is 0.127 e. The summed E-state index contributed by atoms with van der Waals surface area (Å²) in [4.78, 5) is 4.29. The van der Waals surface area contributed by atoms with E-state index in [-0.39, 0.29) is 0 Å². The summed E-state index contributed by atoms with van der Waals surface area (Å²) in [5.41, 5.74) is 1.67. The van der Waals surface area contributed by atoms with Gasteiger partial charge in [0.05, 0.1) is 13.1 Å². The molecular weight excluding hydrogens is 206 g/mol. The van der Waals surface area contributed by atoms with E-state index >= 15 is 0 Å². The molecule has 1 N–H and O–H groups in total. The lowest BCUT2D eigenvalue weighted by Crippen LogP contribution is -2.16. The summed E-state index contributed by atoms with van der Waals surface area (Å²) in [6.45, 7) is 6.28. The van der Waals surface area contributed by atoms with Crippen molar-refractivity contribution in [3.8, 4) is 0 Å². The molecule has 16 heavy (non-hydrogen) atoms. The average Bonchev–Trinajstić information content (AvgIpc) is 2.87. The zero-order valence-corrected chi connectivity index (χ0v) is 9.47. The van der Waals surface area contributed by atoms with Crippen molar-refractivity contribution >= 4 is 0 Å². The Kier molecular flexibility index (Phi) is 3.31. The largest absolute Gasteiger partial charge is 0.328 e. The van der Waals surface area contributed by atoms with Gasteiger partial charge in [-0.2, -0.15) is 0 Å². The highest BCUT2D eigenvalue weighted by Crippen LogP contribution is 2.06.